The van der Waals surface area contributed by atoms with Crippen LogP contribution in [0, 0.1) is 6.57 Å². The normalized spacial score (nSPS) is 13.4. The number of rotatable bonds is 3. The van der Waals surface area contributed by atoms with Crippen LogP contribution in [0.15, 0.2) is 198 Å². The molecule has 5 heterocycles. The average Bonchev–Trinajstić information content (AvgIpc) is 3.93. The van der Waals surface area contributed by atoms with Gasteiger partial charge < -0.3 is 9.13 Å². The third-order valence-corrected chi connectivity index (χ3v) is 13.8. The fourth-order valence-electron chi connectivity index (χ4n) is 10.2. The van der Waals surface area contributed by atoms with Crippen LogP contribution >= 0.6 is 11.8 Å². The van der Waals surface area contributed by atoms with Crippen molar-refractivity contribution < 1.29 is 0 Å². The number of nitrogens with zero attached hydrogens (tertiary/aromatic N) is 5. The van der Waals surface area contributed by atoms with Crippen LogP contribution in [0.4, 0.5) is 5.69 Å². The van der Waals surface area contributed by atoms with E-state index in [0.717, 1.165) is 61.3 Å². The quantitative estimate of drug-likeness (QED) is 0.168. The first-order chi connectivity index (χ1) is 29.7. The third-order valence-electron chi connectivity index (χ3n) is 12.7. The Kier molecular flexibility index (Phi) is 6.87. The highest BCUT2D eigenvalue weighted by atomic mass is 32.2. The van der Waals surface area contributed by atoms with E-state index in [0.29, 0.717) is 5.69 Å². The molecule has 5 nitrogen and oxygen atoms in total. The van der Waals surface area contributed by atoms with Crippen molar-refractivity contribution in [2.45, 2.75) is 15.2 Å². The molecule has 6 heteroatoms. The van der Waals surface area contributed by atoms with Gasteiger partial charge in [0.15, 0.2) is 5.69 Å². The largest absolute Gasteiger partial charge is 0.309 e. The standard InChI is InChI=1S/C54H31N5S/c1-55-35-21-24-49-41(31-35)39-14-6-8-18-47(39)59(49)37-22-26-51-45(32-37)54(42-15-9-27-56-52(42)53-43(54)16-10-28-57-53)44-30-34(20-25-50(44)60-51)33-19-23-48-40(29-33)38-13-5-7-17-46(38)58(48)36-11-3-2-4-12-36/h2-32H. The minimum Gasteiger partial charge on any atom is -0.309 e. The van der Waals surface area contributed by atoms with E-state index in [2.05, 4.69) is 178 Å². The van der Waals surface area contributed by atoms with Gasteiger partial charge >= 0.3 is 0 Å². The lowest BCUT2D eigenvalue weighted by atomic mass is 9.67. The van der Waals surface area contributed by atoms with Crippen molar-refractivity contribution in [2.75, 3.05) is 0 Å². The molecular weight excluding hydrogens is 751 g/mol. The molecule has 11 aromatic rings. The van der Waals surface area contributed by atoms with Gasteiger partial charge in [-0.1, -0.05) is 96.7 Å². The summed E-state index contributed by atoms with van der Waals surface area (Å²) < 4.78 is 4.72. The second-order valence-corrected chi connectivity index (χ2v) is 16.7. The smallest absolute Gasteiger partial charge is 0.188 e. The molecule has 2 aliphatic rings. The molecule has 1 spiro atoms. The van der Waals surface area contributed by atoms with Gasteiger partial charge in [-0.25, -0.2) is 4.85 Å². The number of pyridine rings is 2. The Bertz CT molecular complexity index is 3620. The molecule has 0 saturated heterocycles. The summed E-state index contributed by atoms with van der Waals surface area (Å²) in [4.78, 5) is 16.3. The summed E-state index contributed by atoms with van der Waals surface area (Å²) in [6.45, 7) is 7.75. The first-order valence-electron chi connectivity index (χ1n) is 20.1. The Labute approximate surface area is 349 Å². The zero-order valence-electron chi connectivity index (χ0n) is 32.0. The minimum atomic E-state index is -0.682. The summed E-state index contributed by atoms with van der Waals surface area (Å²) in [5, 5.41) is 4.66. The Hall–Kier alpha value is -7.72. The van der Waals surface area contributed by atoms with Crippen LogP contribution in [0.1, 0.15) is 22.3 Å². The number of aromatic nitrogens is 4. The summed E-state index contributed by atoms with van der Waals surface area (Å²) in [6.07, 6.45) is 3.78. The van der Waals surface area contributed by atoms with Gasteiger partial charge in [-0.15, -0.1) is 0 Å². The van der Waals surface area contributed by atoms with Gasteiger partial charge in [-0.2, -0.15) is 0 Å². The number of hydrogen-bond acceptors (Lipinski definition) is 3. The summed E-state index contributed by atoms with van der Waals surface area (Å²) in [7, 11) is 0. The van der Waals surface area contributed by atoms with E-state index >= 15 is 0 Å². The molecule has 1 aliphatic heterocycles. The lowest BCUT2D eigenvalue weighted by molar-refractivity contribution is 0.718. The van der Waals surface area contributed by atoms with Gasteiger partial charge in [0.25, 0.3) is 0 Å². The van der Waals surface area contributed by atoms with Gasteiger partial charge in [0, 0.05) is 49.7 Å². The highest BCUT2D eigenvalue weighted by Gasteiger charge is 2.51. The lowest BCUT2D eigenvalue weighted by Gasteiger charge is -2.39. The lowest BCUT2D eigenvalue weighted by Crippen LogP contribution is -2.32. The summed E-state index contributed by atoms with van der Waals surface area (Å²) >= 11 is 1.83. The molecule has 0 atom stereocenters. The predicted molar refractivity (Wildman–Crippen MR) is 244 cm³/mol. The first kappa shape index (κ1) is 33.3. The average molecular weight is 782 g/mol. The zero-order chi connectivity index (χ0) is 39.5. The molecule has 278 valence electrons. The molecule has 13 rings (SSSR count). The number of para-hydroxylation sites is 3. The summed E-state index contributed by atoms with van der Waals surface area (Å²) in [5.41, 5.74) is 15.6. The van der Waals surface area contributed by atoms with Crippen LogP contribution in [-0.2, 0) is 5.41 Å². The van der Waals surface area contributed by atoms with Crippen LogP contribution in [-0.4, -0.2) is 19.1 Å². The van der Waals surface area contributed by atoms with Crippen molar-refractivity contribution in [3.63, 3.8) is 0 Å². The SMILES string of the molecule is [C-]#[N+]c1ccc2c(c1)c1ccccc1n2-c1ccc2c(c1)C1(c3cc(-c4ccc5c(c4)c4ccccc4n5-c4ccccc4)ccc3S2)c2cccnc2-c2ncccc21. The second kappa shape index (κ2) is 12.4. The fraction of sp³-hybridized carbons (Fsp3) is 0.0185. The fourth-order valence-corrected chi connectivity index (χ4v) is 11.4. The topological polar surface area (TPSA) is 40.0 Å². The Balaban J connectivity index is 1.07. The summed E-state index contributed by atoms with van der Waals surface area (Å²) in [5.74, 6) is 0. The highest BCUT2D eigenvalue weighted by Crippen LogP contribution is 2.62. The Morgan fingerprint density at radius 2 is 0.983 bits per heavy atom. The van der Waals surface area contributed by atoms with Crippen LogP contribution in [0.25, 0.3) is 82.3 Å². The van der Waals surface area contributed by atoms with Crippen molar-refractivity contribution in [3.8, 4) is 33.9 Å². The molecule has 7 aromatic carbocycles. The first-order valence-corrected chi connectivity index (χ1v) is 20.9. The van der Waals surface area contributed by atoms with Gasteiger partial charge in [0.2, 0.25) is 0 Å². The maximum atomic E-state index is 7.75. The molecule has 0 saturated carbocycles. The third kappa shape index (κ3) is 4.42. The van der Waals surface area contributed by atoms with Crippen molar-refractivity contribution in [1.29, 1.82) is 0 Å². The maximum Gasteiger partial charge on any atom is 0.188 e. The molecule has 60 heavy (non-hydrogen) atoms. The molecule has 1 aliphatic carbocycles. The molecule has 0 radical (unpaired) electrons. The zero-order valence-corrected chi connectivity index (χ0v) is 32.9. The molecular formula is C54H31N5S. The molecule has 4 aromatic heterocycles. The van der Waals surface area contributed by atoms with Gasteiger partial charge in [0.1, 0.15) is 0 Å². The predicted octanol–water partition coefficient (Wildman–Crippen LogP) is 13.7. The van der Waals surface area contributed by atoms with Crippen molar-refractivity contribution in [1.82, 2.24) is 19.1 Å². The van der Waals surface area contributed by atoms with Crippen molar-refractivity contribution in [2.24, 2.45) is 0 Å². The van der Waals surface area contributed by atoms with Gasteiger partial charge in [-0.05, 0) is 130 Å². The van der Waals surface area contributed by atoms with E-state index in [9.17, 15) is 0 Å². The molecule has 0 unspecified atom stereocenters. The van der Waals surface area contributed by atoms with E-state index in [1.165, 1.54) is 48.3 Å². The number of fused-ring (bicyclic) bond motifs is 15. The Morgan fingerprint density at radius 3 is 1.68 bits per heavy atom. The summed E-state index contributed by atoms with van der Waals surface area (Å²) in [6, 6.07) is 63.5. The number of hydrogen-bond donors (Lipinski definition) is 0. The van der Waals surface area contributed by atoms with E-state index in [-0.39, 0.29) is 0 Å². The molecule has 0 amide bonds. The van der Waals surface area contributed by atoms with E-state index in [4.69, 9.17) is 16.5 Å². The van der Waals surface area contributed by atoms with E-state index in [1.807, 2.05) is 36.3 Å². The van der Waals surface area contributed by atoms with Crippen LogP contribution in [0.2, 0.25) is 0 Å². The monoisotopic (exact) mass is 781 g/mol. The van der Waals surface area contributed by atoms with Crippen molar-refractivity contribution >= 4 is 61.1 Å². The van der Waals surface area contributed by atoms with Crippen molar-refractivity contribution in [3.05, 3.63) is 222 Å². The second-order valence-electron chi connectivity index (χ2n) is 15.6. The van der Waals surface area contributed by atoms with Gasteiger partial charge in [-0.3, -0.25) is 9.97 Å². The van der Waals surface area contributed by atoms with Crippen LogP contribution in [0.5, 0.6) is 0 Å². The van der Waals surface area contributed by atoms with Crippen LogP contribution in [0.3, 0.4) is 0 Å². The van der Waals surface area contributed by atoms with Gasteiger partial charge in [0.05, 0.1) is 45.4 Å². The molecule has 0 N–H and O–H groups in total. The number of benzene rings is 7. The Morgan fingerprint density at radius 1 is 0.433 bits per heavy atom. The van der Waals surface area contributed by atoms with Crippen LogP contribution < -0.4 is 0 Å². The molecule has 0 bridgehead atoms. The molecule has 0 fully saturated rings. The minimum absolute atomic E-state index is 0.638. The van der Waals surface area contributed by atoms with E-state index < -0.39 is 5.41 Å². The van der Waals surface area contributed by atoms with E-state index in [1.54, 1.807) is 0 Å². The maximum absolute atomic E-state index is 7.75. The highest BCUT2D eigenvalue weighted by molar-refractivity contribution is 7.99.